The maximum atomic E-state index is 12.0. The van der Waals surface area contributed by atoms with E-state index in [9.17, 15) is 4.79 Å². The van der Waals surface area contributed by atoms with Gasteiger partial charge in [-0.3, -0.25) is 10.1 Å². The third-order valence-electron chi connectivity index (χ3n) is 2.13. The first kappa shape index (κ1) is 14.2. The topological polar surface area (TPSA) is 64.1 Å². The minimum Gasteiger partial charge on any atom is -0.377 e. The van der Waals surface area contributed by atoms with Crippen LogP contribution in [0.4, 0.5) is 5.13 Å². The van der Waals surface area contributed by atoms with E-state index in [2.05, 4.69) is 15.5 Å². The zero-order valence-corrected chi connectivity index (χ0v) is 12.1. The van der Waals surface area contributed by atoms with Crippen molar-refractivity contribution in [2.45, 2.75) is 6.61 Å². The molecule has 1 N–H and O–H groups in total. The number of amides is 1. The van der Waals surface area contributed by atoms with Crippen LogP contribution in [-0.2, 0) is 11.3 Å². The number of ether oxygens (including phenoxy) is 1. The lowest BCUT2D eigenvalue weighted by Gasteiger charge is -2.03. The highest BCUT2D eigenvalue weighted by molar-refractivity contribution is 7.15. The van der Waals surface area contributed by atoms with Crippen molar-refractivity contribution in [3.05, 3.63) is 38.8 Å². The second-order valence-electron chi connectivity index (χ2n) is 3.51. The van der Waals surface area contributed by atoms with Crippen molar-refractivity contribution < 1.29 is 9.53 Å². The van der Waals surface area contributed by atoms with Gasteiger partial charge < -0.3 is 4.74 Å². The molecule has 100 valence electrons. The highest BCUT2D eigenvalue weighted by atomic mass is 35.5. The number of carbonyl (C=O) groups excluding carboxylic acids is 1. The molecule has 0 saturated heterocycles. The van der Waals surface area contributed by atoms with E-state index in [4.69, 9.17) is 27.9 Å². The molecule has 8 heteroatoms. The molecule has 0 aliphatic carbocycles. The summed E-state index contributed by atoms with van der Waals surface area (Å²) in [6, 6.07) is 4.67. The largest absolute Gasteiger partial charge is 0.377 e. The van der Waals surface area contributed by atoms with Gasteiger partial charge in [0.15, 0.2) is 0 Å². The lowest BCUT2D eigenvalue weighted by Crippen LogP contribution is -2.12. The van der Waals surface area contributed by atoms with Crippen LogP contribution in [0.1, 0.15) is 15.4 Å². The van der Waals surface area contributed by atoms with Crippen LogP contribution in [0, 0.1) is 0 Å². The van der Waals surface area contributed by atoms with Crippen LogP contribution in [0.2, 0.25) is 10.0 Å². The molecule has 0 aliphatic heterocycles. The van der Waals surface area contributed by atoms with Crippen LogP contribution in [0.3, 0.4) is 0 Å². The predicted molar refractivity (Wildman–Crippen MR) is 75.0 cm³/mol. The van der Waals surface area contributed by atoms with Crippen molar-refractivity contribution in [1.29, 1.82) is 0 Å². The summed E-state index contributed by atoms with van der Waals surface area (Å²) in [5.41, 5.74) is 0.289. The van der Waals surface area contributed by atoms with Crippen molar-refractivity contribution in [1.82, 2.24) is 10.2 Å². The summed E-state index contributed by atoms with van der Waals surface area (Å²) in [6.45, 7) is 0.353. The second kappa shape index (κ2) is 6.29. The first-order valence-electron chi connectivity index (χ1n) is 5.18. The normalized spacial score (nSPS) is 10.5. The summed E-state index contributed by atoms with van der Waals surface area (Å²) in [5, 5.41) is 12.1. The van der Waals surface area contributed by atoms with Crippen LogP contribution < -0.4 is 5.32 Å². The fraction of sp³-hybridized carbons (Fsp3) is 0.182. The smallest absolute Gasteiger partial charge is 0.259 e. The number of carbonyl (C=O) groups is 1. The number of hydrogen-bond donors (Lipinski definition) is 1. The summed E-state index contributed by atoms with van der Waals surface area (Å²) in [4.78, 5) is 12.0. The predicted octanol–water partition coefficient (Wildman–Crippen LogP) is 3.24. The molecule has 2 aromatic rings. The van der Waals surface area contributed by atoms with Gasteiger partial charge in [-0.05, 0) is 18.2 Å². The maximum Gasteiger partial charge on any atom is 0.259 e. The molecule has 1 amide bonds. The molecule has 0 unspecified atom stereocenters. The average molecular weight is 318 g/mol. The molecule has 0 bridgehead atoms. The Morgan fingerprint density at radius 2 is 2.21 bits per heavy atom. The van der Waals surface area contributed by atoms with Gasteiger partial charge in [-0.15, -0.1) is 10.2 Å². The Balaban J connectivity index is 2.13. The van der Waals surface area contributed by atoms with Gasteiger partial charge in [0.1, 0.15) is 11.6 Å². The van der Waals surface area contributed by atoms with Crippen molar-refractivity contribution in [3.63, 3.8) is 0 Å². The van der Waals surface area contributed by atoms with E-state index in [0.29, 0.717) is 26.8 Å². The number of nitrogens with zero attached hydrogens (tertiary/aromatic N) is 2. The molecular weight excluding hydrogens is 309 g/mol. The van der Waals surface area contributed by atoms with Gasteiger partial charge in [0.05, 0.1) is 10.6 Å². The van der Waals surface area contributed by atoms with Crippen LogP contribution >= 0.6 is 34.5 Å². The van der Waals surface area contributed by atoms with Crippen LogP contribution in [0.25, 0.3) is 0 Å². The van der Waals surface area contributed by atoms with Crippen molar-refractivity contribution in [3.8, 4) is 0 Å². The average Bonchev–Trinajstić information content (AvgIpc) is 2.80. The summed E-state index contributed by atoms with van der Waals surface area (Å²) in [6.07, 6.45) is 0. The zero-order valence-electron chi connectivity index (χ0n) is 9.81. The van der Waals surface area contributed by atoms with E-state index in [0.717, 1.165) is 0 Å². The van der Waals surface area contributed by atoms with E-state index >= 15 is 0 Å². The molecule has 1 heterocycles. The highest BCUT2D eigenvalue weighted by Crippen LogP contribution is 2.23. The quantitative estimate of drug-likeness (QED) is 0.940. The summed E-state index contributed by atoms with van der Waals surface area (Å²) in [7, 11) is 1.56. The van der Waals surface area contributed by atoms with Gasteiger partial charge in [-0.25, -0.2) is 0 Å². The molecule has 0 aliphatic rings. The Bertz CT molecular complexity index is 603. The van der Waals surface area contributed by atoms with Gasteiger partial charge in [0.2, 0.25) is 5.13 Å². The van der Waals surface area contributed by atoms with Gasteiger partial charge in [-0.1, -0.05) is 34.5 Å². The number of halogens is 2. The molecule has 5 nitrogen and oxygen atoms in total. The Kier molecular flexibility index (Phi) is 4.71. The third-order valence-corrected chi connectivity index (χ3v) is 3.51. The van der Waals surface area contributed by atoms with E-state index in [-0.39, 0.29) is 11.5 Å². The number of rotatable bonds is 4. The number of hydrogen-bond acceptors (Lipinski definition) is 5. The Morgan fingerprint density at radius 1 is 1.42 bits per heavy atom. The van der Waals surface area contributed by atoms with E-state index in [1.807, 2.05) is 0 Å². The van der Waals surface area contributed by atoms with Gasteiger partial charge >= 0.3 is 0 Å². The maximum absolute atomic E-state index is 12.0. The standard InChI is InChI=1S/C11H9Cl2N3O2S/c1-18-5-9-15-16-11(19-9)14-10(17)7-4-6(12)2-3-8(7)13/h2-4H,5H2,1H3,(H,14,16,17). The second-order valence-corrected chi connectivity index (χ2v) is 5.42. The SMILES string of the molecule is COCc1nnc(NC(=O)c2cc(Cl)ccc2Cl)s1. The Hall–Kier alpha value is -1.21. The van der Waals surface area contributed by atoms with Crippen molar-refractivity contribution in [2.75, 3.05) is 12.4 Å². The first-order valence-corrected chi connectivity index (χ1v) is 6.75. The molecule has 2 rings (SSSR count). The van der Waals surface area contributed by atoms with Gasteiger partial charge in [-0.2, -0.15) is 0 Å². The minimum absolute atomic E-state index is 0.289. The van der Waals surface area contributed by atoms with E-state index in [1.54, 1.807) is 19.2 Å². The number of anilines is 1. The van der Waals surface area contributed by atoms with E-state index < -0.39 is 0 Å². The monoisotopic (exact) mass is 317 g/mol. The number of aromatic nitrogens is 2. The third kappa shape index (κ3) is 3.63. The van der Waals surface area contributed by atoms with Crippen molar-refractivity contribution >= 4 is 45.6 Å². The molecule has 1 aromatic carbocycles. The van der Waals surface area contributed by atoms with Crippen LogP contribution in [0.5, 0.6) is 0 Å². The molecule has 0 spiro atoms. The lowest BCUT2D eigenvalue weighted by molar-refractivity contribution is 0.102. The molecule has 0 saturated carbocycles. The fourth-order valence-electron chi connectivity index (χ4n) is 1.32. The number of methoxy groups -OCH3 is 1. The molecule has 19 heavy (non-hydrogen) atoms. The van der Waals surface area contributed by atoms with Gasteiger partial charge in [0, 0.05) is 12.1 Å². The Morgan fingerprint density at radius 3 is 2.95 bits per heavy atom. The molecular formula is C11H9Cl2N3O2S. The summed E-state index contributed by atoms with van der Waals surface area (Å²) >= 11 is 13.0. The number of benzene rings is 1. The lowest BCUT2D eigenvalue weighted by atomic mass is 10.2. The summed E-state index contributed by atoms with van der Waals surface area (Å²) in [5.74, 6) is -0.382. The minimum atomic E-state index is -0.382. The summed E-state index contributed by atoms with van der Waals surface area (Å²) < 4.78 is 4.92. The van der Waals surface area contributed by atoms with Gasteiger partial charge in [0.25, 0.3) is 5.91 Å². The molecule has 0 atom stereocenters. The number of nitrogens with one attached hydrogen (secondary N) is 1. The molecule has 1 aromatic heterocycles. The molecule has 0 fully saturated rings. The van der Waals surface area contributed by atoms with Crippen LogP contribution in [0.15, 0.2) is 18.2 Å². The molecule has 0 radical (unpaired) electrons. The zero-order chi connectivity index (χ0) is 13.8. The fourth-order valence-corrected chi connectivity index (χ4v) is 2.40. The highest BCUT2D eigenvalue weighted by Gasteiger charge is 2.13. The first-order chi connectivity index (χ1) is 9.10. The van der Waals surface area contributed by atoms with Crippen molar-refractivity contribution in [2.24, 2.45) is 0 Å². The Labute approximate surface area is 123 Å². The van der Waals surface area contributed by atoms with E-state index in [1.165, 1.54) is 17.4 Å². The van der Waals surface area contributed by atoms with Crippen LogP contribution in [-0.4, -0.2) is 23.2 Å².